The number of rotatable bonds is 8. The number of para-hydroxylation sites is 1. The maximum atomic E-state index is 12.8. The van der Waals surface area contributed by atoms with Crippen LogP contribution >= 0.6 is 23.5 Å². The fourth-order valence-corrected chi connectivity index (χ4v) is 6.05. The number of benzene rings is 3. The van der Waals surface area contributed by atoms with Gasteiger partial charge in [-0.1, -0.05) is 59.4 Å². The number of fused-ring (bicyclic) bond motifs is 1. The van der Waals surface area contributed by atoms with Gasteiger partial charge in [0.05, 0.1) is 11.9 Å². The van der Waals surface area contributed by atoms with Gasteiger partial charge < -0.3 is 29.2 Å². The first kappa shape index (κ1) is 33.9. The molecule has 2 aliphatic heterocycles. The van der Waals surface area contributed by atoms with E-state index in [-0.39, 0.29) is 29.5 Å². The van der Waals surface area contributed by atoms with E-state index >= 15 is 0 Å². The summed E-state index contributed by atoms with van der Waals surface area (Å²) in [6, 6.07) is 22.1. The summed E-state index contributed by atoms with van der Waals surface area (Å²) in [7, 11) is 0. The first-order valence-corrected chi connectivity index (χ1v) is 17.1. The fraction of sp³-hybridized carbons (Fsp3) is 0.314. The van der Waals surface area contributed by atoms with Gasteiger partial charge in [0.2, 0.25) is 11.8 Å². The average Bonchev–Trinajstić information content (AvgIpc) is 3.49. The molecule has 1 aromatic heterocycles. The lowest BCUT2D eigenvalue weighted by Crippen LogP contribution is -2.51. The summed E-state index contributed by atoms with van der Waals surface area (Å²) in [5.74, 6) is -0.751. The third-order valence-electron chi connectivity index (χ3n) is 8.08. The number of carbonyl (C=O) groups is 3. The lowest BCUT2D eigenvalue weighted by molar-refractivity contribution is -0.130. The molecule has 0 aliphatic carbocycles. The monoisotopic (exact) mass is 675 g/mol. The quantitative estimate of drug-likeness (QED) is 0.241. The maximum absolute atomic E-state index is 12.8. The van der Waals surface area contributed by atoms with Crippen LogP contribution in [0.1, 0.15) is 34.5 Å². The van der Waals surface area contributed by atoms with Crippen LogP contribution in [-0.2, 0) is 16.1 Å². The van der Waals surface area contributed by atoms with Gasteiger partial charge in [-0.3, -0.25) is 19.2 Å². The standard InChI is InChI=1S/C28H31N5O5S.C7H7Cl/c1-39-30-20-8-9-24-21(15-20)23(34)16-25(38-24)28(37)29-17-27(36)32-13-11-31(12-14-32)22-6-3-2-5-19(22)18-33-10-4-7-26(33)35;1-6-2-4-7(8)5-3-6/h2-3,5-6,8-9,15-16,30H,4,7,10-14,17-18H2,1H3,(H,29,37);2-5H,1H3. The Morgan fingerprint density at radius 2 is 1.68 bits per heavy atom. The number of aryl methyl sites for hydroxylation is 1. The Kier molecular flexibility index (Phi) is 11.4. The molecule has 2 aliphatic rings. The predicted molar refractivity (Wildman–Crippen MR) is 188 cm³/mol. The van der Waals surface area contributed by atoms with E-state index in [2.05, 4.69) is 27.1 Å². The molecule has 47 heavy (non-hydrogen) atoms. The Bertz CT molecular complexity index is 1770. The van der Waals surface area contributed by atoms with E-state index in [1.165, 1.54) is 17.5 Å². The van der Waals surface area contributed by atoms with Gasteiger partial charge in [0.1, 0.15) is 5.58 Å². The zero-order chi connectivity index (χ0) is 33.3. The number of nitrogens with zero attached hydrogens (tertiary/aromatic N) is 3. The molecule has 0 atom stereocenters. The minimum Gasteiger partial charge on any atom is -0.451 e. The molecule has 0 radical (unpaired) electrons. The average molecular weight is 676 g/mol. The lowest BCUT2D eigenvalue weighted by atomic mass is 10.1. The second-order valence-electron chi connectivity index (χ2n) is 11.4. The van der Waals surface area contributed by atoms with Crippen molar-refractivity contribution in [3.63, 3.8) is 0 Å². The molecule has 0 saturated carbocycles. The summed E-state index contributed by atoms with van der Waals surface area (Å²) in [6.45, 7) is 5.57. The van der Waals surface area contributed by atoms with Gasteiger partial charge in [-0.25, -0.2) is 0 Å². The highest BCUT2D eigenvalue weighted by Crippen LogP contribution is 2.25. The Labute approximate surface area is 283 Å². The van der Waals surface area contributed by atoms with Crippen molar-refractivity contribution in [2.45, 2.75) is 26.3 Å². The van der Waals surface area contributed by atoms with Gasteiger partial charge >= 0.3 is 0 Å². The van der Waals surface area contributed by atoms with Crippen LogP contribution in [0, 0.1) is 6.92 Å². The van der Waals surface area contributed by atoms with Crippen molar-refractivity contribution in [2.75, 3.05) is 55.1 Å². The number of halogens is 1. The zero-order valence-corrected chi connectivity index (χ0v) is 28.0. The molecule has 2 N–H and O–H groups in total. The molecule has 2 fully saturated rings. The predicted octanol–water partition coefficient (Wildman–Crippen LogP) is 5.33. The topological polar surface area (TPSA) is 115 Å². The van der Waals surface area contributed by atoms with Gasteiger partial charge in [-0.2, -0.15) is 0 Å². The molecule has 0 unspecified atom stereocenters. The molecule has 3 amide bonds. The number of nitrogens with one attached hydrogen (secondary N) is 2. The molecule has 12 heteroatoms. The Morgan fingerprint density at radius 3 is 2.36 bits per heavy atom. The van der Waals surface area contributed by atoms with Gasteiger partial charge in [0, 0.05) is 74.4 Å². The molecule has 2 saturated heterocycles. The maximum Gasteiger partial charge on any atom is 0.287 e. The number of hydrogen-bond acceptors (Lipinski definition) is 8. The highest BCUT2D eigenvalue weighted by Gasteiger charge is 2.25. The summed E-state index contributed by atoms with van der Waals surface area (Å²) < 4.78 is 8.70. The summed E-state index contributed by atoms with van der Waals surface area (Å²) in [5.41, 5.74) is 4.16. The van der Waals surface area contributed by atoms with Crippen molar-refractivity contribution >= 4 is 63.6 Å². The number of piperazine rings is 1. The molecule has 3 aromatic carbocycles. The second kappa shape index (κ2) is 15.9. The number of hydrogen-bond donors (Lipinski definition) is 2. The van der Waals surface area contributed by atoms with Gasteiger partial charge in [-0.05, 0) is 55.3 Å². The lowest BCUT2D eigenvalue weighted by Gasteiger charge is -2.37. The SMILES string of the molecule is CSNc1ccc2oc(C(=O)NCC(=O)N3CCN(c4ccccc4CN4CCCC4=O)CC3)cc(=O)c2c1.Cc1ccc(Cl)cc1. The van der Waals surface area contributed by atoms with E-state index in [0.717, 1.165) is 41.0 Å². The second-order valence-corrected chi connectivity index (χ2v) is 12.4. The highest BCUT2D eigenvalue weighted by atomic mass is 35.5. The van der Waals surface area contributed by atoms with Crippen LogP contribution in [0.2, 0.25) is 5.02 Å². The summed E-state index contributed by atoms with van der Waals surface area (Å²) in [5, 5.41) is 3.76. The zero-order valence-electron chi connectivity index (χ0n) is 26.5. The molecule has 0 bridgehead atoms. The summed E-state index contributed by atoms with van der Waals surface area (Å²) >= 11 is 7.02. The van der Waals surface area contributed by atoms with Crippen LogP contribution in [0.3, 0.4) is 0 Å². The van der Waals surface area contributed by atoms with Crippen molar-refractivity contribution in [3.8, 4) is 0 Å². The largest absolute Gasteiger partial charge is 0.451 e. The normalized spacial score (nSPS) is 14.5. The Hall–Kier alpha value is -4.48. The Balaban J connectivity index is 0.000000474. The van der Waals surface area contributed by atoms with E-state index in [0.29, 0.717) is 50.1 Å². The molecule has 246 valence electrons. The number of anilines is 2. The van der Waals surface area contributed by atoms with Crippen molar-refractivity contribution < 1.29 is 18.8 Å². The van der Waals surface area contributed by atoms with Crippen molar-refractivity contribution in [2.24, 2.45) is 0 Å². The third-order valence-corrected chi connectivity index (χ3v) is 8.77. The smallest absolute Gasteiger partial charge is 0.287 e. The van der Waals surface area contributed by atoms with Gasteiger partial charge in [-0.15, -0.1) is 0 Å². The van der Waals surface area contributed by atoms with Crippen LogP contribution in [-0.4, -0.2) is 73.0 Å². The van der Waals surface area contributed by atoms with Gasteiger partial charge in [0.15, 0.2) is 11.2 Å². The minimum atomic E-state index is -0.613. The van der Waals surface area contributed by atoms with E-state index in [9.17, 15) is 19.2 Å². The van der Waals surface area contributed by atoms with Crippen LogP contribution in [0.25, 0.3) is 11.0 Å². The Morgan fingerprint density at radius 1 is 0.936 bits per heavy atom. The molecular formula is C35H38ClN5O5S. The van der Waals surface area contributed by atoms with E-state index < -0.39 is 5.91 Å². The number of amides is 3. The van der Waals surface area contributed by atoms with E-state index in [1.54, 1.807) is 23.1 Å². The molecular weight excluding hydrogens is 638 g/mol. The third kappa shape index (κ3) is 8.87. The van der Waals surface area contributed by atoms with Crippen molar-refractivity contribution in [1.82, 2.24) is 15.1 Å². The van der Waals surface area contributed by atoms with E-state index in [1.807, 2.05) is 54.5 Å². The first-order valence-electron chi connectivity index (χ1n) is 15.5. The molecule has 10 nitrogen and oxygen atoms in total. The first-order chi connectivity index (χ1) is 22.7. The summed E-state index contributed by atoms with van der Waals surface area (Å²) in [6.07, 6.45) is 3.40. The molecule has 4 aromatic rings. The number of carbonyl (C=O) groups excluding carboxylic acids is 3. The van der Waals surface area contributed by atoms with Crippen LogP contribution in [0.5, 0.6) is 0 Å². The molecule has 0 spiro atoms. The number of likely N-dealkylation sites (tertiary alicyclic amines) is 1. The van der Waals surface area contributed by atoms with Crippen molar-refractivity contribution in [3.05, 3.63) is 105 Å². The summed E-state index contributed by atoms with van der Waals surface area (Å²) in [4.78, 5) is 56.0. The van der Waals surface area contributed by atoms with Gasteiger partial charge in [0.25, 0.3) is 5.91 Å². The van der Waals surface area contributed by atoms with Crippen LogP contribution < -0.4 is 20.4 Å². The van der Waals surface area contributed by atoms with Crippen LogP contribution in [0.15, 0.2) is 82.0 Å². The highest BCUT2D eigenvalue weighted by molar-refractivity contribution is 7.99. The molecule has 6 rings (SSSR count). The minimum absolute atomic E-state index is 0.135. The van der Waals surface area contributed by atoms with Crippen molar-refractivity contribution in [1.29, 1.82) is 0 Å². The van der Waals surface area contributed by atoms with Crippen LogP contribution in [0.4, 0.5) is 11.4 Å². The fourth-order valence-electron chi connectivity index (χ4n) is 5.56. The molecule has 3 heterocycles. The van der Waals surface area contributed by atoms with E-state index in [4.69, 9.17) is 16.0 Å².